The van der Waals surface area contributed by atoms with Gasteiger partial charge in [0.25, 0.3) is 0 Å². The topological polar surface area (TPSA) is 147 Å². The van der Waals surface area contributed by atoms with Crippen LogP contribution in [0.3, 0.4) is 0 Å². The Hall–Kier alpha value is -1.97. The van der Waals surface area contributed by atoms with Crippen LogP contribution in [-0.4, -0.2) is 101 Å². The zero-order valence-corrected chi connectivity index (χ0v) is 19.1. The van der Waals surface area contributed by atoms with Gasteiger partial charge in [-0.3, -0.25) is 0 Å². The Morgan fingerprint density at radius 2 is 1.49 bits per heavy atom. The fourth-order valence-electron chi connectivity index (χ4n) is 4.78. The minimum absolute atomic E-state index is 0. The van der Waals surface area contributed by atoms with Gasteiger partial charge in [-0.05, 0) is 23.2 Å². The van der Waals surface area contributed by atoms with Crippen molar-refractivity contribution in [3.63, 3.8) is 0 Å². The second-order valence-corrected chi connectivity index (χ2v) is 9.11. The van der Waals surface area contributed by atoms with Gasteiger partial charge in [-0.25, -0.2) is 4.39 Å². The number of ether oxygens (including phenoxy) is 3. The minimum atomic E-state index is -1.33. The van der Waals surface area contributed by atoms with Crippen LogP contribution in [0.25, 0.3) is 0 Å². The fourth-order valence-corrected chi connectivity index (χ4v) is 4.78. The molecular weight excluding hydrogens is 490 g/mol. The molecule has 0 radical (unpaired) electrons. The van der Waals surface area contributed by atoms with Crippen molar-refractivity contribution >= 4 is 12.6 Å². The zero-order valence-electron chi connectivity index (χ0n) is 19.1. The van der Waals surface area contributed by atoms with Crippen LogP contribution in [0, 0.1) is 5.82 Å². The number of hydrogen-bond acceptors (Lipinski definition) is 10. The molecular formula is C25H32BFO10. The average Bonchev–Trinajstić information content (AvgIpc) is 3.36. The highest BCUT2D eigenvalue weighted by Crippen LogP contribution is 2.35. The van der Waals surface area contributed by atoms with Gasteiger partial charge in [-0.15, -0.1) is 0 Å². The molecule has 4 aliphatic heterocycles. The van der Waals surface area contributed by atoms with Gasteiger partial charge < -0.3 is 49.1 Å². The molecule has 0 aromatic heterocycles. The lowest BCUT2D eigenvalue weighted by molar-refractivity contribution is -0.243. The van der Waals surface area contributed by atoms with Crippen molar-refractivity contribution in [2.75, 3.05) is 13.2 Å². The van der Waals surface area contributed by atoms with Gasteiger partial charge in [0.2, 0.25) is 0 Å². The van der Waals surface area contributed by atoms with Gasteiger partial charge in [0.15, 0.2) is 6.29 Å². The van der Waals surface area contributed by atoms with E-state index in [-0.39, 0.29) is 19.3 Å². The van der Waals surface area contributed by atoms with E-state index in [1.807, 2.05) is 6.07 Å². The lowest BCUT2D eigenvalue weighted by Gasteiger charge is -2.44. The molecule has 4 unspecified atom stereocenters. The third kappa shape index (κ3) is 5.59. The predicted molar refractivity (Wildman–Crippen MR) is 128 cm³/mol. The van der Waals surface area contributed by atoms with Gasteiger partial charge in [0, 0.05) is 0 Å². The second kappa shape index (κ2) is 11.8. The normalized spacial score (nSPS) is 38.3. The maximum atomic E-state index is 12.9. The summed E-state index contributed by atoms with van der Waals surface area (Å²) in [5, 5.41) is 48.3. The van der Waals surface area contributed by atoms with Crippen LogP contribution in [-0.2, 0) is 23.5 Å². The second-order valence-electron chi connectivity index (χ2n) is 9.11. The van der Waals surface area contributed by atoms with Crippen molar-refractivity contribution in [2.45, 2.75) is 68.7 Å². The molecule has 4 bridgehead atoms. The number of aliphatic hydroxyl groups excluding tert-OH is 5. The van der Waals surface area contributed by atoms with Crippen LogP contribution < -0.4 is 5.46 Å². The third-order valence-corrected chi connectivity index (χ3v) is 6.77. The van der Waals surface area contributed by atoms with Crippen molar-refractivity contribution in [2.24, 2.45) is 0 Å². The predicted octanol–water partition coefficient (Wildman–Crippen LogP) is -0.741. The van der Waals surface area contributed by atoms with Crippen molar-refractivity contribution in [3.05, 3.63) is 66.0 Å². The van der Waals surface area contributed by atoms with E-state index in [1.165, 1.54) is 12.1 Å². The lowest BCUT2D eigenvalue weighted by atomic mass is 9.75. The number of hydrogen-bond donors (Lipinski definition) is 5. The molecule has 10 atom stereocenters. The molecule has 0 spiro atoms. The van der Waals surface area contributed by atoms with E-state index in [0.717, 1.165) is 0 Å². The Balaban J connectivity index is 0.000000170. The van der Waals surface area contributed by atoms with E-state index in [1.54, 1.807) is 36.4 Å². The van der Waals surface area contributed by atoms with E-state index in [0.29, 0.717) is 17.6 Å². The molecule has 10 nitrogen and oxygen atoms in total. The van der Waals surface area contributed by atoms with Crippen LogP contribution in [0.1, 0.15) is 19.1 Å². The maximum absolute atomic E-state index is 12.9. The largest absolute Gasteiger partial charge is 0.494 e. The summed E-state index contributed by atoms with van der Waals surface area (Å²) in [7, 11) is -0.630. The van der Waals surface area contributed by atoms with E-state index >= 15 is 0 Å². The third-order valence-electron chi connectivity index (χ3n) is 6.77. The van der Waals surface area contributed by atoms with Crippen LogP contribution >= 0.6 is 0 Å². The first kappa shape index (κ1) is 28.1. The summed E-state index contributed by atoms with van der Waals surface area (Å²) in [5.74, 6) is -0.313. The van der Waals surface area contributed by atoms with Gasteiger partial charge in [-0.2, -0.15) is 0 Å². The quantitative estimate of drug-likeness (QED) is 0.327. The Morgan fingerprint density at radius 1 is 0.811 bits per heavy atom. The fraction of sp³-hybridized carbons (Fsp3) is 0.520. The van der Waals surface area contributed by atoms with Crippen LogP contribution in [0.4, 0.5) is 4.39 Å². The highest BCUT2D eigenvalue weighted by Gasteiger charge is 2.57. The first-order valence-corrected chi connectivity index (χ1v) is 11.7. The molecule has 4 heterocycles. The summed E-state index contributed by atoms with van der Waals surface area (Å²) in [6.45, 7) is -0.0172. The van der Waals surface area contributed by atoms with Gasteiger partial charge in [0.05, 0.1) is 13.2 Å². The molecule has 0 amide bonds. The molecule has 37 heavy (non-hydrogen) atoms. The SMILES string of the molecule is C.OC[C@H]1O[C@@H](c2ccccc2)C(O)[C@@H](O)C1O.O[C@@H]1C2OB(c3ccc(F)cc3)OC1[C@H]1CO[C@@H]2O1. The molecule has 0 saturated carbocycles. The monoisotopic (exact) mass is 522 g/mol. The molecule has 2 aromatic carbocycles. The highest BCUT2D eigenvalue weighted by atomic mass is 19.1. The minimum Gasteiger partial charge on any atom is -0.399 e. The Morgan fingerprint density at radius 3 is 2.16 bits per heavy atom. The van der Waals surface area contributed by atoms with Crippen molar-refractivity contribution in [3.8, 4) is 0 Å². The Labute approximate surface area is 214 Å². The van der Waals surface area contributed by atoms with Gasteiger partial charge in [-0.1, -0.05) is 49.9 Å². The molecule has 5 N–H and O–H groups in total. The number of rotatable bonds is 3. The standard InChI is InChI=1S/C12H12BFO5.C12H16O5.CH4/c14-7-3-1-6(2-4-7)13-18-10-8-5-16-12(17-8)11(19-13)9(10)15;13-6-8-9(14)10(15)11(16)12(17-8)7-4-2-1-3-5-7;/h1-4,8-12,15H,5H2;1-5,8-16H,6H2;1H4/t8-,9+,10?,11?,12-;8-,9?,10+,11?,12+;/m11./s1. The maximum Gasteiger partial charge on any atom is 0.494 e. The molecule has 4 aliphatic rings. The van der Waals surface area contributed by atoms with Crippen molar-refractivity contribution in [1.29, 1.82) is 0 Å². The zero-order chi connectivity index (χ0) is 25.4. The first-order chi connectivity index (χ1) is 17.4. The lowest BCUT2D eigenvalue weighted by Crippen LogP contribution is -2.65. The van der Waals surface area contributed by atoms with Gasteiger partial charge in [0.1, 0.15) is 60.8 Å². The van der Waals surface area contributed by atoms with Crippen LogP contribution in [0.2, 0.25) is 0 Å². The Kier molecular flexibility index (Phi) is 8.97. The summed E-state index contributed by atoms with van der Waals surface area (Å²) in [4.78, 5) is 0. The van der Waals surface area contributed by atoms with Gasteiger partial charge >= 0.3 is 7.12 Å². The first-order valence-electron chi connectivity index (χ1n) is 11.7. The van der Waals surface area contributed by atoms with E-state index in [4.69, 9.17) is 28.6 Å². The summed E-state index contributed by atoms with van der Waals surface area (Å²) < 4.78 is 40.7. The summed E-state index contributed by atoms with van der Waals surface area (Å²) in [5.41, 5.74) is 1.41. The van der Waals surface area contributed by atoms with E-state index in [2.05, 4.69) is 0 Å². The number of aliphatic hydroxyl groups is 5. The number of benzene rings is 2. The molecule has 0 aliphatic carbocycles. The highest BCUT2D eigenvalue weighted by molar-refractivity contribution is 6.61. The summed E-state index contributed by atoms with van der Waals surface area (Å²) in [6.07, 6.45) is -8.10. The molecule has 4 saturated heterocycles. The van der Waals surface area contributed by atoms with Crippen molar-refractivity contribution in [1.82, 2.24) is 0 Å². The molecule has 202 valence electrons. The number of halogens is 1. The smallest absolute Gasteiger partial charge is 0.399 e. The van der Waals surface area contributed by atoms with Crippen molar-refractivity contribution < 1.29 is 53.4 Å². The van der Waals surface area contributed by atoms with Crippen LogP contribution in [0.5, 0.6) is 0 Å². The molecule has 6 rings (SSSR count). The summed E-state index contributed by atoms with van der Waals surface area (Å²) >= 11 is 0. The Bertz CT molecular complexity index is 979. The van der Waals surface area contributed by atoms with E-state index in [9.17, 15) is 24.8 Å². The summed E-state index contributed by atoms with van der Waals surface area (Å²) in [6, 6.07) is 14.8. The number of fused-ring (bicyclic) bond motifs is 6. The molecule has 4 fully saturated rings. The average molecular weight is 522 g/mol. The van der Waals surface area contributed by atoms with Crippen LogP contribution in [0.15, 0.2) is 54.6 Å². The molecule has 2 aromatic rings. The van der Waals surface area contributed by atoms with E-state index < -0.39 is 68.8 Å². The molecule has 12 heteroatoms.